The van der Waals surface area contributed by atoms with Crippen LogP contribution in [0.25, 0.3) is 0 Å². The molecule has 2 N–H and O–H groups in total. The smallest absolute Gasteiger partial charge is 0.230 e. The fraction of sp³-hybridized carbons (Fsp3) is 0.235. The lowest BCUT2D eigenvalue weighted by atomic mass is 10.1. The van der Waals surface area contributed by atoms with Gasteiger partial charge >= 0.3 is 0 Å². The third kappa shape index (κ3) is 6.39. The van der Waals surface area contributed by atoms with Gasteiger partial charge in [-0.1, -0.05) is 41.4 Å². The van der Waals surface area contributed by atoms with Crippen LogP contribution in [0.2, 0.25) is 10.0 Å². The van der Waals surface area contributed by atoms with Crippen LogP contribution in [0.5, 0.6) is 0 Å². The molecule has 0 bridgehead atoms. The minimum atomic E-state index is -3.41. The van der Waals surface area contributed by atoms with Gasteiger partial charge in [0.05, 0.1) is 28.8 Å². The van der Waals surface area contributed by atoms with E-state index < -0.39 is 10.0 Å². The lowest BCUT2D eigenvalue weighted by molar-refractivity contribution is -0.119. The number of hydrogen-bond acceptors (Lipinski definition) is 4. The Morgan fingerprint density at radius 1 is 1.19 bits per heavy atom. The van der Waals surface area contributed by atoms with E-state index >= 15 is 0 Å². The van der Waals surface area contributed by atoms with Crippen LogP contribution in [-0.2, 0) is 14.8 Å². The van der Waals surface area contributed by atoms with Gasteiger partial charge in [-0.15, -0.1) is 11.8 Å². The zero-order chi connectivity index (χ0) is 19.3. The second-order valence-electron chi connectivity index (χ2n) is 5.61. The van der Waals surface area contributed by atoms with Crippen molar-refractivity contribution in [2.75, 3.05) is 16.7 Å². The van der Waals surface area contributed by atoms with Crippen molar-refractivity contribution in [1.29, 1.82) is 0 Å². The van der Waals surface area contributed by atoms with Crippen LogP contribution in [0.15, 0.2) is 47.4 Å². The predicted molar refractivity (Wildman–Crippen MR) is 109 cm³/mol. The summed E-state index contributed by atoms with van der Waals surface area (Å²) in [7, 11) is -3.41. The van der Waals surface area contributed by atoms with E-state index in [4.69, 9.17) is 23.2 Å². The van der Waals surface area contributed by atoms with Gasteiger partial charge in [0.2, 0.25) is 15.9 Å². The van der Waals surface area contributed by atoms with Gasteiger partial charge in [-0.25, -0.2) is 8.42 Å². The molecule has 2 aromatic rings. The molecule has 0 spiro atoms. The Hall–Kier alpha value is -1.41. The summed E-state index contributed by atoms with van der Waals surface area (Å²) in [5.41, 5.74) is 1.12. The molecule has 2 aromatic carbocycles. The molecule has 0 saturated carbocycles. The van der Waals surface area contributed by atoms with Crippen molar-refractivity contribution in [3.63, 3.8) is 0 Å². The van der Waals surface area contributed by atoms with Crippen molar-refractivity contribution >= 4 is 56.6 Å². The first kappa shape index (κ1) is 20.9. The van der Waals surface area contributed by atoms with E-state index in [-0.39, 0.29) is 17.7 Å². The summed E-state index contributed by atoms with van der Waals surface area (Å²) < 4.78 is 25.4. The van der Waals surface area contributed by atoms with Crippen LogP contribution in [0.3, 0.4) is 0 Å². The Balaban J connectivity index is 2.02. The number of carbonyl (C=O) groups excluding carboxylic acids is 1. The molecule has 26 heavy (non-hydrogen) atoms. The topological polar surface area (TPSA) is 75.3 Å². The highest BCUT2D eigenvalue weighted by atomic mass is 35.5. The summed E-state index contributed by atoms with van der Waals surface area (Å²) >= 11 is 13.3. The average molecular weight is 433 g/mol. The van der Waals surface area contributed by atoms with Gasteiger partial charge in [-0.3, -0.25) is 9.52 Å². The average Bonchev–Trinajstić information content (AvgIpc) is 2.54. The number of anilines is 1. The Labute approximate surface area is 167 Å². The first-order chi connectivity index (χ1) is 12.2. The number of rotatable bonds is 7. The molecule has 0 aromatic heterocycles. The van der Waals surface area contributed by atoms with Gasteiger partial charge in [-0.05, 0) is 36.8 Å². The number of nitrogens with one attached hydrogen (secondary N) is 2. The Bertz CT molecular complexity index is 905. The molecule has 1 amide bonds. The van der Waals surface area contributed by atoms with E-state index in [1.165, 1.54) is 11.8 Å². The maximum atomic E-state index is 12.2. The minimum Gasteiger partial charge on any atom is -0.349 e. The van der Waals surface area contributed by atoms with Crippen molar-refractivity contribution < 1.29 is 13.2 Å². The first-order valence-corrected chi connectivity index (χ1v) is 11.2. The molecular weight excluding hydrogens is 415 g/mol. The van der Waals surface area contributed by atoms with Gasteiger partial charge < -0.3 is 5.32 Å². The highest BCUT2D eigenvalue weighted by Crippen LogP contribution is 2.30. The second kappa shape index (κ2) is 8.99. The minimum absolute atomic E-state index is 0.159. The highest BCUT2D eigenvalue weighted by molar-refractivity contribution is 8.00. The third-order valence-electron chi connectivity index (χ3n) is 3.35. The molecule has 0 aliphatic heterocycles. The number of benzene rings is 2. The van der Waals surface area contributed by atoms with Crippen molar-refractivity contribution in [2.24, 2.45) is 0 Å². The van der Waals surface area contributed by atoms with Crippen molar-refractivity contribution in [2.45, 2.75) is 17.9 Å². The molecule has 0 saturated heterocycles. The van der Waals surface area contributed by atoms with E-state index in [1.54, 1.807) is 49.4 Å². The Morgan fingerprint density at radius 2 is 1.88 bits per heavy atom. The maximum Gasteiger partial charge on any atom is 0.230 e. The molecule has 0 aliphatic carbocycles. The molecule has 9 heteroatoms. The van der Waals surface area contributed by atoms with E-state index in [9.17, 15) is 13.2 Å². The Morgan fingerprint density at radius 3 is 2.58 bits per heavy atom. The fourth-order valence-electron chi connectivity index (χ4n) is 2.26. The first-order valence-electron chi connectivity index (χ1n) is 7.59. The van der Waals surface area contributed by atoms with Gasteiger partial charge in [0.15, 0.2) is 0 Å². The molecule has 5 nitrogen and oxygen atoms in total. The quantitative estimate of drug-likeness (QED) is 0.638. The van der Waals surface area contributed by atoms with E-state index in [0.717, 1.165) is 11.2 Å². The largest absolute Gasteiger partial charge is 0.349 e. The molecule has 0 fully saturated rings. The third-order valence-corrected chi connectivity index (χ3v) is 5.67. The van der Waals surface area contributed by atoms with Crippen LogP contribution >= 0.6 is 35.0 Å². The SMILES string of the molecule is CC(NC(=O)CSc1cc(Cl)ccc1Cl)c1ccccc1NS(C)(=O)=O. The standard InChI is InChI=1S/C17H18Cl2N2O3S2/c1-11(13-5-3-4-6-15(13)21-26(2,23)24)20-17(22)10-25-16-9-12(18)7-8-14(16)19/h3-9,11,21H,10H2,1-2H3,(H,20,22). The molecule has 0 heterocycles. The molecule has 1 atom stereocenters. The van der Waals surface area contributed by atoms with Crippen molar-refractivity contribution in [3.8, 4) is 0 Å². The molecular formula is C17H18Cl2N2O3S2. The van der Waals surface area contributed by atoms with Gasteiger partial charge in [0.1, 0.15) is 0 Å². The Kier molecular flexibility index (Phi) is 7.23. The number of carbonyl (C=O) groups is 1. The van der Waals surface area contributed by atoms with E-state index in [2.05, 4.69) is 10.0 Å². The zero-order valence-electron chi connectivity index (χ0n) is 14.1. The van der Waals surface area contributed by atoms with Crippen LogP contribution in [0.4, 0.5) is 5.69 Å². The van der Waals surface area contributed by atoms with Crippen molar-refractivity contribution in [3.05, 3.63) is 58.1 Å². The molecule has 2 rings (SSSR count). The number of hydrogen-bond donors (Lipinski definition) is 2. The fourth-order valence-corrected chi connectivity index (χ4v) is 4.15. The second-order valence-corrected chi connectivity index (χ2v) is 9.22. The van der Waals surface area contributed by atoms with Crippen LogP contribution in [-0.4, -0.2) is 26.3 Å². The molecule has 0 aliphatic rings. The zero-order valence-corrected chi connectivity index (χ0v) is 17.3. The normalized spacial score (nSPS) is 12.5. The lowest BCUT2D eigenvalue weighted by Crippen LogP contribution is -2.29. The van der Waals surface area contributed by atoms with Crippen LogP contribution in [0, 0.1) is 0 Å². The van der Waals surface area contributed by atoms with E-state index in [1.807, 2.05) is 0 Å². The molecule has 0 radical (unpaired) electrons. The number of para-hydroxylation sites is 1. The maximum absolute atomic E-state index is 12.2. The number of sulfonamides is 1. The summed E-state index contributed by atoms with van der Waals surface area (Å²) in [5.74, 6) is -0.0424. The lowest BCUT2D eigenvalue weighted by Gasteiger charge is -2.18. The van der Waals surface area contributed by atoms with Crippen LogP contribution < -0.4 is 10.0 Å². The highest BCUT2D eigenvalue weighted by Gasteiger charge is 2.15. The van der Waals surface area contributed by atoms with Crippen LogP contribution in [0.1, 0.15) is 18.5 Å². The van der Waals surface area contributed by atoms with Gasteiger partial charge in [0.25, 0.3) is 0 Å². The number of thioether (sulfide) groups is 1. The number of amides is 1. The summed E-state index contributed by atoms with van der Waals surface area (Å²) in [6.45, 7) is 1.79. The molecule has 1 unspecified atom stereocenters. The summed E-state index contributed by atoms with van der Waals surface area (Å²) in [5, 5.41) is 3.93. The summed E-state index contributed by atoms with van der Waals surface area (Å²) in [6, 6.07) is 11.6. The monoisotopic (exact) mass is 432 g/mol. The van der Waals surface area contributed by atoms with E-state index in [0.29, 0.717) is 21.3 Å². The van der Waals surface area contributed by atoms with Crippen molar-refractivity contribution in [1.82, 2.24) is 5.32 Å². The summed E-state index contributed by atoms with van der Waals surface area (Å²) in [4.78, 5) is 13.0. The summed E-state index contributed by atoms with van der Waals surface area (Å²) in [6.07, 6.45) is 1.08. The van der Waals surface area contributed by atoms with Gasteiger partial charge in [-0.2, -0.15) is 0 Å². The predicted octanol–water partition coefficient (Wildman–Crippen LogP) is 4.33. The van der Waals surface area contributed by atoms with Gasteiger partial charge in [0, 0.05) is 9.92 Å². The number of halogens is 2. The molecule has 140 valence electrons.